The molecule has 0 aliphatic rings. The normalized spacial score (nSPS) is 10.4. The van der Waals surface area contributed by atoms with Gasteiger partial charge in [-0.05, 0) is 24.0 Å². The lowest BCUT2D eigenvalue weighted by atomic mass is 10.3. The van der Waals surface area contributed by atoms with Crippen LogP contribution in [0.25, 0.3) is 5.69 Å². The number of anilines is 1. The van der Waals surface area contributed by atoms with E-state index in [4.69, 9.17) is 11.6 Å². The molecule has 0 aliphatic carbocycles. The van der Waals surface area contributed by atoms with Crippen molar-refractivity contribution in [2.45, 2.75) is 13.5 Å². The van der Waals surface area contributed by atoms with E-state index in [9.17, 15) is 20.2 Å². The first-order chi connectivity index (χ1) is 12.9. The van der Waals surface area contributed by atoms with Gasteiger partial charge in [0.25, 0.3) is 0 Å². The minimum Gasteiger partial charge on any atom is -0.358 e. The molecule has 1 amide bonds. The van der Waals surface area contributed by atoms with Crippen molar-refractivity contribution in [3.8, 4) is 11.8 Å². The maximum absolute atomic E-state index is 12.4. The largest absolute Gasteiger partial charge is 0.408 e. The number of hydrogen-bond acceptors (Lipinski definition) is 6. The summed E-state index contributed by atoms with van der Waals surface area (Å²) in [7, 11) is 0. The van der Waals surface area contributed by atoms with E-state index in [1.54, 1.807) is 24.3 Å². The van der Waals surface area contributed by atoms with E-state index in [0.717, 1.165) is 4.68 Å². The molecule has 0 atom stereocenters. The molecule has 0 aliphatic heterocycles. The summed E-state index contributed by atoms with van der Waals surface area (Å²) in [6.07, 6.45) is 1.34. The highest BCUT2D eigenvalue weighted by Crippen LogP contribution is 2.26. The van der Waals surface area contributed by atoms with Gasteiger partial charge in [-0.3, -0.25) is 4.79 Å². The molecular weight excluding hydrogens is 374 g/mol. The number of aromatic nitrogens is 4. The van der Waals surface area contributed by atoms with Crippen LogP contribution < -0.4 is 5.32 Å². The molecule has 0 bridgehead atoms. The fourth-order valence-corrected chi connectivity index (χ4v) is 2.61. The zero-order valence-electron chi connectivity index (χ0n) is 14.0. The molecular formula is C16H12ClN7O3. The van der Waals surface area contributed by atoms with Gasteiger partial charge in [-0.2, -0.15) is 15.0 Å². The molecule has 11 heteroatoms. The summed E-state index contributed by atoms with van der Waals surface area (Å²) < 4.78 is 2.55. The minimum absolute atomic E-state index is 0.125. The van der Waals surface area contributed by atoms with Crippen LogP contribution in [0.15, 0.2) is 36.5 Å². The number of benzene rings is 1. The maximum Gasteiger partial charge on any atom is 0.408 e. The van der Waals surface area contributed by atoms with Crippen molar-refractivity contribution in [3.63, 3.8) is 0 Å². The molecule has 0 unspecified atom stereocenters. The monoisotopic (exact) mass is 385 g/mol. The first-order valence-electron chi connectivity index (χ1n) is 7.63. The second kappa shape index (κ2) is 7.27. The Labute approximate surface area is 157 Å². The standard InChI is InChI=1S/C16H12ClN7O3/c1-10-14(17)16(24(26)27)21-22(10)9-13(25)20-15-11(7-18)8-19-23(15)12-5-3-2-4-6-12/h2-6,8H,9H2,1H3,(H,20,25). The summed E-state index contributed by atoms with van der Waals surface area (Å²) in [5.74, 6) is -0.866. The van der Waals surface area contributed by atoms with Crippen molar-refractivity contribution in [1.82, 2.24) is 19.6 Å². The lowest BCUT2D eigenvalue weighted by Gasteiger charge is -2.09. The average Bonchev–Trinajstić information content (AvgIpc) is 3.18. The second-order valence-electron chi connectivity index (χ2n) is 5.45. The summed E-state index contributed by atoms with van der Waals surface area (Å²) in [5, 5.41) is 30.5. The van der Waals surface area contributed by atoms with Gasteiger partial charge in [-0.1, -0.05) is 29.8 Å². The van der Waals surface area contributed by atoms with Gasteiger partial charge in [0.05, 0.1) is 22.7 Å². The first-order valence-corrected chi connectivity index (χ1v) is 8.01. The lowest BCUT2D eigenvalue weighted by Crippen LogP contribution is -2.22. The Morgan fingerprint density at radius 3 is 2.70 bits per heavy atom. The molecule has 0 radical (unpaired) electrons. The average molecular weight is 386 g/mol. The molecule has 3 aromatic rings. The first kappa shape index (κ1) is 18.1. The lowest BCUT2D eigenvalue weighted by molar-refractivity contribution is -0.389. The Morgan fingerprint density at radius 2 is 2.11 bits per heavy atom. The number of nitrogens with one attached hydrogen (secondary N) is 1. The molecule has 0 fully saturated rings. The van der Waals surface area contributed by atoms with Gasteiger partial charge in [0, 0.05) is 0 Å². The Hall–Kier alpha value is -3.71. The SMILES string of the molecule is Cc1c(Cl)c([N+](=O)[O-])nn1CC(=O)Nc1c(C#N)cnn1-c1ccccc1. The van der Waals surface area contributed by atoms with Gasteiger partial charge in [-0.15, -0.1) is 0 Å². The number of rotatable bonds is 5. The predicted octanol–water partition coefficient (Wildman–Crippen LogP) is 2.45. The van der Waals surface area contributed by atoms with Crippen LogP contribution in [0, 0.1) is 28.4 Å². The van der Waals surface area contributed by atoms with E-state index >= 15 is 0 Å². The number of para-hydroxylation sites is 1. The highest BCUT2D eigenvalue weighted by molar-refractivity contribution is 6.33. The van der Waals surface area contributed by atoms with Gasteiger partial charge in [0.2, 0.25) is 5.91 Å². The number of amides is 1. The van der Waals surface area contributed by atoms with Crippen molar-refractivity contribution in [3.05, 3.63) is 62.9 Å². The fourth-order valence-electron chi connectivity index (χ4n) is 2.40. The van der Waals surface area contributed by atoms with E-state index in [0.29, 0.717) is 5.69 Å². The zero-order chi connectivity index (χ0) is 19.6. The Bertz CT molecular complexity index is 1070. The summed E-state index contributed by atoms with van der Waals surface area (Å²) in [6, 6.07) is 10.9. The number of carbonyl (C=O) groups excluding carboxylic acids is 1. The van der Waals surface area contributed by atoms with Crippen molar-refractivity contribution >= 4 is 29.1 Å². The third kappa shape index (κ3) is 3.49. The van der Waals surface area contributed by atoms with Crippen molar-refractivity contribution in [1.29, 1.82) is 5.26 Å². The number of carbonyl (C=O) groups is 1. The number of nitriles is 1. The molecule has 136 valence electrons. The summed E-state index contributed by atoms with van der Waals surface area (Å²) in [5.41, 5.74) is 1.12. The van der Waals surface area contributed by atoms with E-state index in [1.165, 1.54) is 17.8 Å². The molecule has 2 aromatic heterocycles. The van der Waals surface area contributed by atoms with Gasteiger partial charge in [-0.25, -0.2) is 4.68 Å². The van der Waals surface area contributed by atoms with Gasteiger partial charge >= 0.3 is 5.82 Å². The summed E-state index contributed by atoms with van der Waals surface area (Å²) >= 11 is 5.87. The van der Waals surface area contributed by atoms with E-state index in [2.05, 4.69) is 15.5 Å². The quantitative estimate of drug-likeness (QED) is 0.530. The van der Waals surface area contributed by atoms with Gasteiger partial charge < -0.3 is 15.4 Å². The molecule has 10 nitrogen and oxygen atoms in total. The summed E-state index contributed by atoms with van der Waals surface area (Å²) in [4.78, 5) is 22.6. The Kier molecular flexibility index (Phi) is 4.87. The molecule has 0 saturated heterocycles. The van der Waals surface area contributed by atoms with E-state index < -0.39 is 16.6 Å². The third-order valence-corrected chi connectivity index (χ3v) is 4.17. The second-order valence-corrected chi connectivity index (χ2v) is 5.83. The highest BCUT2D eigenvalue weighted by atomic mass is 35.5. The number of hydrogen-bond donors (Lipinski definition) is 1. The van der Waals surface area contributed by atoms with Crippen LogP contribution >= 0.6 is 11.6 Å². The van der Waals surface area contributed by atoms with Crippen molar-refractivity contribution in [2.24, 2.45) is 0 Å². The van der Waals surface area contributed by atoms with Crippen molar-refractivity contribution < 1.29 is 9.72 Å². The molecule has 1 aromatic carbocycles. The molecule has 1 N–H and O–H groups in total. The van der Waals surface area contributed by atoms with E-state index in [-0.39, 0.29) is 28.6 Å². The highest BCUT2D eigenvalue weighted by Gasteiger charge is 2.25. The van der Waals surface area contributed by atoms with Crippen LogP contribution in [0.1, 0.15) is 11.3 Å². The molecule has 0 spiro atoms. The maximum atomic E-state index is 12.4. The number of nitro groups is 1. The predicted molar refractivity (Wildman–Crippen MR) is 95.5 cm³/mol. The van der Waals surface area contributed by atoms with Crippen LogP contribution in [0.4, 0.5) is 11.6 Å². The van der Waals surface area contributed by atoms with Crippen molar-refractivity contribution in [2.75, 3.05) is 5.32 Å². The number of halogens is 1. The summed E-state index contributed by atoms with van der Waals surface area (Å²) in [6.45, 7) is 1.20. The number of nitrogens with zero attached hydrogens (tertiary/aromatic N) is 6. The van der Waals surface area contributed by atoms with Crippen LogP contribution in [-0.4, -0.2) is 30.4 Å². The Morgan fingerprint density at radius 1 is 1.41 bits per heavy atom. The van der Waals surface area contributed by atoms with Crippen LogP contribution in [0.2, 0.25) is 5.02 Å². The fraction of sp³-hybridized carbons (Fsp3) is 0.125. The van der Waals surface area contributed by atoms with Gasteiger partial charge in [0.15, 0.2) is 10.8 Å². The molecule has 0 saturated carbocycles. The van der Waals surface area contributed by atoms with Gasteiger partial charge in [0.1, 0.15) is 18.2 Å². The van der Waals surface area contributed by atoms with E-state index in [1.807, 2.05) is 12.1 Å². The smallest absolute Gasteiger partial charge is 0.358 e. The molecule has 2 heterocycles. The topological polar surface area (TPSA) is 132 Å². The molecule has 3 rings (SSSR count). The van der Waals surface area contributed by atoms with Crippen LogP contribution in [-0.2, 0) is 11.3 Å². The van der Waals surface area contributed by atoms with Crippen LogP contribution in [0.5, 0.6) is 0 Å². The minimum atomic E-state index is -0.720. The molecule has 27 heavy (non-hydrogen) atoms. The zero-order valence-corrected chi connectivity index (χ0v) is 14.7. The van der Waals surface area contributed by atoms with Crippen LogP contribution in [0.3, 0.4) is 0 Å². The third-order valence-electron chi connectivity index (χ3n) is 3.73. The Balaban J connectivity index is 1.87.